The molecule has 4 fully saturated rings. The van der Waals surface area contributed by atoms with Crippen LogP contribution in [0.15, 0.2) is 30.6 Å². The zero-order valence-electron chi connectivity index (χ0n) is 42.1. The number of hydrogen-bond donors (Lipinski definition) is 5. The van der Waals surface area contributed by atoms with Crippen molar-refractivity contribution in [3.8, 4) is 0 Å². The Labute approximate surface area is 412 Å². The van der Waals surface area contributed by atoms with Crippen molar-refractivity contribution in [2.45, 2.75) is 142 Å². The Morgan fingerprint density at radius 2 is 1.59 bits per heavy atom. The zero-order chi connectivity index (χ0) is 50.6. The molecule has 384 valence electrons. The molecule has 2 unspecified atom stereocenters. The average Bonchev–Trinajstić information content (AvgIpc) is 3.92. The van der Waals surface area contributed by atoms with Crippen LogP contribution in [0.2, 0.25) is 0 Å². The number of fused-ring (bicyclic) bond motifs is 1. The number of aldehydes is 1. The molecule has 19 heteroatoms. The molecule has 2 saturated heterocycles. The maximum Gasteiger partial charge on any atom is 0.329 e. The summed E-state index contributed by atoms with van der Waals surface area (Å²) in [6, 6.07) is 2.33. The molecule has 1 aromatic carbocycles. The van der Waals surface area contributed by atoms with Crippen LogP contribution in [0.25, 0.3) is 0 Å². The number of piperidine rings is 1. The number of aromatic nitrogens is 2. The third-order valence-corrected chi connectivity index (χ3v) is 13.8. The van der Waals surface area contributed by atoms with Gasteiger partial charge < -0.3 is 40.4 Å². The first kappa shape index (κ1) is 53.8. The van der Waals surface area contributed by atoms with Crippen LogP contribution < -0.4 is 26.6 Å². The molecule has 2 aliphatic heterocycles. The fourth-order valence-corrected chi connectivity index (χ4v) is 10.2. The van der Waals surface area contributed by atoms with Crippen LogP contribution in [0.1, 0.15) is 132 Å². The number of nitrogens with zero attached hydrogens (tertiary/aromatic N) is 4. The highest BCUT2D eigenvalue weighted by Gasteiger charge is 2.53. The Balaban J connectivity index is 0.945. The summed E-state index contributed by atoms with van der Waals surface area (Å²) in [5, 5.41) is 14.8. The molecular weight excluding hydrogens is 899 g/mol. The van der Waals surface area contributed by atoms with Gasteiger partial charge in [-0.1, -0.05) is 58.6 Å². The molecule has 0 spiro atoms. The molecule has 6 atom stereocenters. The van der Waals surface area contributed by atoms with Gasteiger partial charge in [-0.15, -0.1) is 0 Å². The number of nitrogens with one attached hydrogen (secondary N) is 5. The fourth-order valence-electron chi connectivity index (χ4n) is 10.2. The predicted molar refractivity (Wildman–Crippen MR) is 262 cm³/mol. The van der Waals surface area contributed by atoms with E-state index < -0.39 is 53.0 Å². The monoisotopic (exact) mass is 974 g/mol. The number of esters is 1. The summed E-state index contributed by atoms with van der Waals surface area (Å²) in [5.41, 5.74) is 0.639. The van der Waals surface area contributed by atoms with Gasteiger partial charge >= 0.3 is 5.97 Å². The van der Waals surface area contributed by atoms with E-state index in [2.05, 4.69) is 36.6 Å². The maximum atomic E-state index is 14.6. The number of carbonyl (C=O) groups is 7. The quantitative estimate of drug-likeness (QED) is 0.0480. The predicted octanol–water partition coefficient (Wildman–Crippen LogP) is 4.26. The van der Waals surface area contributed by atoms with Crippen LogP contribution >= 0.6 is 0 Å². The lowest BCUT2D eigenvalue weighted by atomic mass is 9.82. The molecule has 1 aromatic heterocycles. The summed E-state index contributed by atoms with van der Waals surface area (Å²) in [7, 11) is 1.80. The van der Waals surface area contributed by atoms with Crippen LogP contribution in [0, 0.1) is 23.2 Å². The van der Waals surface area contributed by atoms with Gasteiger partial charge in [0.1, 0.15) is 41.5 Å². The molecule has 3 heterocycles. The van der Waals surface area contributed by atoms with Crippen molar-refractivity contribution in [2.75, 3.05) is 63.7 Å². The summed E-state index contributed by atoms with van der Waals surface area (Å²) < 4.78 is 17.3. The first-order chi connectivity index (χ1) is 33.3. The molecule has 5 amide bonds. The van der Waals surface area contributed by atoms with E-state index in [0.29, 0.717) is 70.4 Å². The van der Waals surface area contributed by atoms with E-state index in [1.165, 1.54) is 12.4 Å². The summed E-state index contributed by atoms with van der Waals surface area (Å²) >= 11 is 0. The highest BCUT2D eigenvalue weighted by atomic mass is 16.6. The Morgan fingerprint density at radius 3 is 2.23 bits per heavy atom. The lowest BCUT2D eigenvalue weighted by Gasteiger charge is -2.38. The zero-order valence-corrected chi connectivity index (χ0v) is 42.1. The van der Waals surface area contributed by atoms with Crippen molar-refractivity contribution in [3.05, 3.63) is 47.4 Å². The summed E-state index contributed by atoms with van der Waals surface area (Å²) in [5.74, 6) is -1.83. The second-order valence-electron chi connectivity index (χ2n) is 21.2. The topological polar surface area (TPSA) is 240 Å². The minimum Gasteiger partial charge on any atom is -0.458 e. The Hall–Kier alpha value is -5.53. The van der Waals surface area contributed by atoms with Gasteiger partial charge in [-0.3, -0.25) is 39.0 Å². The van der Waals surface area contributed by atoms with Crippen molar-refractivity contribution in [2.24, 2.45) is 23.2 Å². The molecule has 19 nitrogen and oxygen atoms in total. The number of benzene rings is 1. The maximum absolute atomic E-state index is 14.6. The van der Waals surface area contributed by atoms with Crippen molar-refractivity contribution in [3.63, 3.8) is 0 Å². The molecule has 2 aromatic rings. The Morgan fingerprint density at radius 1 is 0.871 bits per heavy atom. The van der Waals surface area contributed by atoms with Gasteiger partial charge in [0.05, 0.1) is 44.9 Å². The van der Waals surface area contributed by atoms with Crippen LogP contribution in [0.3, 0.4) is 0 Å². The van der Waals surface area contributed by atoms with Crippen molar-refractivity contribution in [1.29, 1.82) is 0 Å². The van der Waals surface area contributed by atoms with E-state index in [1.807, 2.05) is 52.5 Å². The Kier molecular flexibility index (Phi) is 18.9. The van der Waals surface area contributed by atoms with Gasteiger partial charge in [0.15, 0.2) is 0 Å². The van der Waals surface area contributed by atoms with E-state index in [-0.39, 0.29) is 47.6 Å². The minimum absolute atomic E-state index is 0.0145. The number of rotatable bonds is 22. The van der Waals surface area contributed by atoms with Crippen LogP contribution in [-0.2, 0) is 44.7 Å². The number of imide groups is 1. The van der Waals surface area contributed by atoms with E-state index in [0.717, 1.165) is 68.9 Å². The normalized spacial score (nSPS) is 21.6. The number of carbonyl (C=O) groups excluding carboxylic acids is 7. The van der Waals surface area contributed by atoms with E-state index in [9.17, 15) is 33.6 Å². The van der Waals surface area contributed by atoms with Crippen molar-refractivity contribution >= 4 is 53.3 Å². The Bertz CT molecular complexity index is 2150. The van der Waals surface area contributed by atoms with Gasteiger partial charge in [-0.05, 0) is 94.7 Å². The van der Waals surface area contributed by atoms with E-state index >= 15 is 0 Å². The highest BCUT2D eigenvalue weighted by Crippen LogP contribution is 2.44. The number of anilines is 2. The minimum atomic E-state index is -0.959. The molecule has 6 rings (SSSR count). The highest BCUT2D eigenvalue weighted by molar-refractivity contribution is 6.00. The summed E-state index contributed by atoms with van der Waals surface area (Å²) in [6.07, 6.45) is 11.4. The lowest BCUT2D eigenvalue weighted by molar-refractivity contribution is -0.165. The smallest absolute Gasteiger partial charge is 0.329 e. The fraction of sp³-hybridized carbons (Fsp3) is 0.667. The average molecular weight is 974 g/mol. The van der Waals surface area contributed by atoms with Crippen LogP contribution in [0.4, 0.5) is 11.5 Å². The van der Waals surface area contributed by atoms with E-state index in [4.69, 9.17) is 14.2 Å². The first-order valence-electron chi connectivity index (χ1n) is 25.1. The van der Waals surface area contributed by atoms with Gasteiger partial charge in [-0.25, -0.2) is 14.8 Å². The number of ether oxygens (including phenoxy) is 3. The second-order valence-corrected chi connectivity index (χ2v) is 21.2. The molecule has 5 N–H and O–H groups in total. The summed E-state index contributed by atoms with van der Waals surface area (Å²) in [6.45, 7) is 14.2. The second kappa shape index (κ2) is 24.5. The molecule has 0 radical (unpaired) electrons. The number of amides is 5. The molecule has 2 aliphatic carbocycles. The van der Waals surface area contributed by atoms with Crippen LogP contribution in [0.5, 0.6) is 0 Å². The number of likely N-dealkylation sites (tertiary alicyclic amines) is 1. The van der Waals surface area contributed by atoms with Gasteiger partial charge in [0.2, 0.25) is 23.6 Å². The third-order valence-electron chi connectivity index (χ3n) is 13.8. The third kappa shape index (κ3) is 14.5. The van der Waals surface area contributed by atoms with Gasteiger partial charge in [0, 0.05) is 43.9 Å². The molecule has 4 aliphatic rings. The van der Waals surface area contributed by atoms with Crippen molar-refractivity contribution in [1.82, 2.24) is 35.7 Å². The van der Waals surface area contributed by atoms with Crippen LogP contribution in [-0.4, -0.2) is 144 Å². The lowest BCUT2D eigenvalue weighted by Crippen LogP contribution is -2.61. The molecular formula is C51H75N9O10. The van der Waals surface area contributed by atoms with E-state index in [1.54, 1.807) is 24.1 Å². The SMILES string of the molecule is CN(Cc1c(C=O)cccc1NCCOCCOCCNc1cnc(C(=O)N[C@H](C(=O)N[C@H](C(=O)N2C[C@@H]3CCCC3[C@H]2C(=O)OC(C)(C)C)C(C)(C)C)C2CCCCC2)cn1)C1CCC(=O)NC1=O. The first-order valence-corrected chi connectivity index (χ1v) is 25.1. The van der Waals surface area contributed by atoms with Gasteiger partial charge in [-0.2, -0.15) is 0 Å². The summed E-state index contributed by atoms with van der Waals surface area (Å²) in [4.78, 5) is 104. The number of hydrogen-bond acceptors (Lipinski definition) is 15. The van der Waals surface area contributed by atoms with Gasteiger partial charge in [0.25, 0.3) is 5.91 Å². The number of likely N-dealkylation sites (N-methyl/N-ethyl adjacent to an activating group) is 1. The molecule has 0 bridgehead atoms. The largest absolute Gasteiger partial charge is 0.458 e. The standard InChI is InChI=1S/C51H75N9O10/c1-50(2,3)44(48(66)60-29-33-15-11-17-35(33)43(60)49(67)70-51(4,5)6)58-47(65)42(32-13-9-8-10-14-32)57-45(63)38-27-55-40(28-54-38)53-22-24-69-26-25-68-23-21-52-37-18-12-16-34(31-61)36(37)30-59(7)39-19-20-41(62)56-46(39)64/h12,16,18,27-28,31-33,35,39,42-44,52H,8-11,13-15,17,19-26,29-30H2,1-7H3,(H,53,55)(H,57,63)(H,58,65)(H,56,62,64)/t33-,35?,39?,42-,43-,44+/m0/s1. The van der Waals surface area contributed by atoms with Crippen molar-refractivity contribution < 1.29 is 47.8 Å². The molecule has 2 saturated carbocycles. The molecule has 70 heavy (non-hydrogen) atoms.